The van der Waals surface area contributed by atoms with Crippen LogP contribution < -0.4 is 5.32 Å². The van der Waals surface area contributed by atoms with E-state index in [4.69, 9.17) is 4.42 Å². The summed E-state index contributed by atoms with van der Waals surface area (Å²) in [6, 6.07) is 4.40. The van der Waals surface area contributed by atoms with Crippen LogP contribution in [0.3, 0.4) is 0 Å². The van der Waals surface area contributed by atoms with E-state index in [0.29, 0.717) is 6.04 Å². The molecule has 0 saturated heterocycles. The normalized spacial score (nSPS) is 13.0. The van der Waals surface area contributed by atoms with Crippen molar-refractivity contribution in [2.75, 3.05) is 20.1 Å². The molecule has 1 aromatic heterocycles. The largest absolute Gasteiger partial charge is 0.468 e. The average Bonchev–Trinajstić information content (AvgIpc) is 2.70. The molecule has 0 spiro atoms. The lowest BCUT2D eigenvalue weighted by molar-refractivity contribution is 0.226. The summed E-state index contributed by atoms with van der Waals surface area (Å²) in [6.45, 7) is 8.54. The Kier molecular flexibility index (Phi) is 5.15. The summed E-state index contributed by atoms with van der Waals surface area (Å²) in [7, 11) is 2.10. The van der Waals surface area contributed by atoms with Crippen LogP contribution in [0.4, 0.5) is 0 Å². The van der Waals surface area contributed by atoms with Crippen LogP contribution >= 0.6 is 0 Å². The zero-order valence-corrected chi connectivity index (χ0v) is 9.57. The van der Waals surface area contributed by atoms with Crippen LogP contribution in [0.25, 0.3) is 0 Å². The molecule has 0 saturated carbocycles. The minimum atomic E-state index is 0.482. The van der Waals surface area contributed by atoms with Gasteiger partial charge in [-0.1, -0.05) is 6.08 Å². The number of hydrogen-bond acceptors (Lipinski definition) is 3. The highest BCUT2D eigenvalue weighted by Crippen LogP contribution is 2.06. The van der Waals surface area contributed by atoms with Gasteiger partial charge in [-0.2, -0.15) is 0 Å². The van der Waals surface area contributed by atoms with Gasteiger partial charge in [-0.25, -0.2) is 0 Å². The van der Waals surface area contributed by atoms with Gasteiger partial charge in [0.1, 0.15) is 5.76 Å². The Morgan fingerprint density at radius 3 is 3.07 bits per heavy atom. The summed E-state index contributed by atoms with van der Waals surface area (Å²) in [5, 5.41) is 3.31. The third-order valence-corrected chi connectivity index (χ3v) is 2.47. The van der Waals surface area contributed by atoms with Gasteiger partial charge in [0.15, 0.2) is 0 Å². The summed E-state index contributed by atoms with van der Waals surface area (Å²) in [6.07, 6.45) is 3.59. The number of likely N-dealkylation sites (N-methyl/N-ethyl adjacent to an activating group) is 1. The van der Waals surface area contributed by atoms with Crippen molar-refractivity contribution in [3.8, 4) is 0 Å². The molecular weight excluding hydrogens is 188 g/mol. The van der Waals surface area contributed by atoms with Crippen LogP contribution in [-0.4, -0.2) is 31.1 Å². The van der Waals surface area contributed by atoms with Crippen molar-refractivity contribution in [1.29, 1.82) is 0 Å². The lowest BCUT2D eigenvalue weighted by atomic mass is 10.3. The van der Waals surface area contributed by atoms with E-state index >= 15 is 0 Å². The van der Waals surface area contributed by atoms with Crippen molar-refractivity contribution in [3.63, 3.8) is 0 Å². The Balaban J connectivity index is 2.26. The van der Waals surface area contributed by atoms with E-state index in [0.717, 1.165) is 25.4 Å². The van der Waals surface area contributed by atoms with Gasteiger partial charge in [-0.3, -0.25) is 4.90 Å². The average molecular weight is 208 g/mol. The van der Waals surface area contributed by atoms with Gasteiger partial charge >= 0.3 is 0 Å². The number of furan rings is 1. The van der Waals surface area contributed by atoms with Gasteiger partial charge in [-0.15, -0.1) is 6.58 Å². The predicted octanol–water partition coefficient (Wildman–Crippen LogP) is 1.88. The molecule has 0 aliphatic heterocycles. The molecule has 0 aromatic carbocycles. The van der Waals surface area contributed by atoms with Crippen LogP contribution in [0.5, 0.6) is 0 Å². The van der Waals surface area contributed by atoms with Crippen molar-refractivity contribution < 1.29 is 4.42 Å². The highest BCUT2D eigenvalue weighted by Gasteiger charge is 2.09. The molecule has 0 aliphatic carbocycles. The smallest absolute Gasteiger partial charge is 0.117 e. The first-order valence-electron chi connectivity index (χ1n) is 5.28. The molecule has 15 heavy (non-hydrogen) atoms. The summed E-state index contributed by atoms with van der Waals surface area (Å²) >= 11 is 0. The molecule has 0 bridgehead atoms. The van der Waals surface area contributed by atoms with Gasteiger partial charge in [0, 0.05) is 19.1 Å². The molecule has 0 amide bonds. The maximum atomic E-state index is 5.30. The van der Waals surface area contributed by atoms with E-state index in [1.165, 1.54) is 0 Å². The highest BCUT2D eigenvalue weighted by molar-refractivity contribution is 4.97. The lowest BCUT2D eigenvalue weighted by Gasteiger charge is -2.23. The summed E-state index contributed by atoms with van der Waals surface area (Å²) in [5.74, 6) is 1.01. The van der Waals surface area contributed by atoms with E-state index in [2.05, 4.69) is 30.8 Å². The molecule has 1 N–H and O–H groups in total. The topological polar surface area (TPSA) is 28.4 Å². The number of rotatable bonds is 7. The van der Waals surface area contributed by atoms with Crippen molar-refractivity contribution in [1.82, 2.24) is 10.2 Å². The molecule has 1 unspecified atom stereocenters. The monoisotopic (exact) mass is 208 g/mol. The molecular formula is C12H20N2O. The molecule has 1 atom stereocenters. The Bertz CT molecular complexity index is 269. The second-order valence-corrected chi connectivity index (χ2v) is 3.79. The molecule has 1 heterocycles. The van der Waals surface area contributed by atoms with Crippen LogP contribution in [-0.2, 0) is 6.54 Å². The Morgan fingerprint density at radius 2 is 2.47 bits per heavy atom. The third-order valence-electron chi connectivity index (χ3n) is 2.47. The Morgan fingerprint density at radius 1 is 1.67 bits per heavy atom. The number of nitrogens with one attached hydrogen (secondary N) is 1. The molecule has 1 aromatic rings. The van der Waals surface area contributed by atoms with Gasteiger partial charge in [0.05, 0.1) is 12.8 Å². The minimum Gasteiger partial charge on any atom is -0.468 e. The van der Waals surface area contributed by atoms with Gasteiger partial charge in [0.2, 0.25) is 0 Å². The summed E-state index contributed by atoms with van der Waals surface area (Å²) in [5.41, 5.74) is 0. The van der Waals surface area contributed by atoms with Crippen LogP contribution in [0.1, 0.15) is 12.7 Å². The van der Waals surface area contributed by atoms with Gasteiger partial charge in [0.25, 0.3) is 0 Å². The van der Waals surface area contributed by atoms with E-state index in [1.807, 2.05) is 18.2 Å². The molecule has 1 rings (SSSR count). The molecule has 84 valence electrons. The van der Waals surface area contributed by atoms with E-state index in [-0.39, 0.29) is 0 Å². The first kappa shape index (κ1) is 12.0. The SMILES string of the molecule is C=CCNCC(C)N(C)Cc1ccco1. The molecule has 0 radical (unpaired) electrons. The molecule has 3 nitrogen and oxygen atoms in total. The standard InChI is InChI=1S/C12H20N2O/c1-4-7-13-9-11(2)14(3)10-12-6-5-8-15-12/h4-6,8,11,13H,1,7,9-10H2,2-3H3. The van der Waals surface area contributed by atoms with Crippen LogP contribution in [0.15, 0.2) is 35.5 Å². The van der Waals surface area contributed by atoms with Gasteiger partial charge < -0.3 is 9.73 Å². The first-order valence-corrected chi connectivity index (χ1v) is 5.28. The zero-order valence-electron chi connectivity index (χ0n) is 9.57. The van der Waals surface area contributed by atoms with E-state index in [9.17, 15) is 0 Å². The summed E-state index contributed by atoms with van der Waals surface area (Å²) in [4.78, 5) is 2.26. The maximum absolute atomic E-state index is 5.30. The maximum Gasteiger partial charge on any atom is 0.117 e. The fourth-order valence-electron chi connectivity index (χ4n) is 1.35. The van der Waals surface area contributed by atoms with Crippen LogP contribution in [0, 0.1) is 0 Å². The minimum absolute atomic E-state index is 0.482. The van der Waals surface area contributed by atoms with E-state index < -0.39 is 0 Å². The fraction of sp³-hybridized carbons (Fsp3) is 0.500. The Labute approximate surface area is 91.8 Å². The van der Waals surface area contributed by atoms with Crippen molar-refractivity contribution >= 4 is 0 Å². The molecule has 0 aliphatic rings. The predicted molar refractivity (Wildman–Crippen MR) is 62.7 cm³/mol. The third kappa shape index (κ3) is 4.32. The zero-order chi connectivity index (χ0) is 11.1. The summed E-state index contributed by atoms with van der Waals surface area (Å²) < 4.78 is 5.30. The Hall–Kier alpha value is -1.06. The quantitative estimate of drug-likeness (QED) is 0.548. The van der Waals surface area contributed by atoms with Crippen LogP contribution in [0.2, 0.25) is 0 Å². The fourth-order valence-corrected chi connectivity index (χ4v) is 1.35. The molecule has 0 fully saturated rings. The first-order chi connectivity index (χ1) is 7.24. The number of hydrogen-bond donors (Lipinski definition) is 1. The van der Waals surface area contributed by atoms with Gasteiger partial charge in [-0.05, 0) is 26.1 Å². The van der Waals surface area contributed by atoms with Crippen molar-refractivity contribution in [2.24, 2.45) is 0 Å². The molecule has 3 heteroatoms. The van der Waals surface area contributed by atoms with E-state index in [1.54, 1.807) is 6.26 Å². The second kappa shape index (κ2) is 6.43. The number of nitrogens with zero attached hydrogens (tertiary/aromatic N) is 1. The highest BCUT2D eigenvalue weighted by atomic mass is 16.3. The van der Waals surface area contributed by atoms with Crippen molar-refractivity contribution in [3.05, 3.63) is 36.8 Å². The second-order valence-electron chi connectivity index (χ2n) is 3.79. The van der Waals surface area contributed by atoms with Crippen molar-refractivity contribution in [2.45, 2.75) is 19.5 Å². The lowest BCUT2D eigenvalue weighted by Crippen LogP contribution is -2.37.